The van der Waals surface area contributed by atoms with E-state index in [1.807, 2.05) is 24.3 Å². The molecule has 1 amide bonds. The molecule has 2 aromatic rings. The van der Waals surface area contributed by atoms with Crippen LogP contribution in [0.5, 0.6) is 5.75 Å². The van der Waals surface area contributed by atoms with Crippen LogP contribution in [0.2, 0.25) is 0 Å². The van der Waals surface area contributed by atoms with Crippen LogP contribution in [-0.2, 0) is 4.79 Å². The van der Waals surface area contributed by atoms with Gasteiger partial charge < -0.3 is 15.0 Å². The molecular weight excluding hydrogens is 316 g/mol. The van der Waals surface area contributed by atoms with Crippen molar-refractivity contribution >= 4 is 11.6 Å². The van der Waals surface area contributed by atoms with Crippen LogP contribution in [0.4, 0.5) is 5.69 Å². The second-order valence-electron chi connectivity index (χ2n) is 6.58. The van der Waals surface area contributed by atoms with Gasteiger partial charge in [0.25, 0.3) is 0 Å². The van der Waals surface area contributed by atoms with E-state index in [0.717, 1.165) is 37.1 Å². The largest absolute Gasteiger partial charge is 0.494 e. The second-order valence-corrected chi connectivity index (χ2v) is 6.58. The number of anilines is 1. The van der Waals surface area contributed by atoms with Crippen molar-refractivity contribution in [1.82, 2.24) is 14.7 Å². The van der Waals surface area contributed by atoms with E-state index in [-0.39, 0.29) is 5.91 Å². The number of carbonyl (C=O) groups excluding carboxylic acids is 1. The van der Waals surface area contributed by atoms with Gasteiger partial charge in [0, 0.05) is 19.5 Å². The molecule has 1 aromatic carbocycles. The Kier molecular flexibility index (Phi) is 5.71. The number of nitrogens with one attached hydrogen (secondary N) is 1. The third-order valence-electron chi connectivity index (χ3n) is 4.55. The first-order valence-electron chi connectivity index (χ1n) is 8.91. The van der Waals surface area contributed by atoms with Gasteiger partial charge in [-0.1, -0.05) is 0 Å². The minimum atomic E-state index is -0.105. The van der Waals surface area contributed by atoms with E-state index in [9.17, 15) is 4.79 Å². The molecule has 0 aliphatic carbocycles. The minimum Gasteiger partial charge on any atom is -0.494 e. The van der Waals surface area contributed by atoms with Gasteiger partial charge in [-0.2, -0.15) is 5.10 Å². The van der Waals surface area contributed by atoms with Gasteiger partial charge in [0.2, 0.25) is 5.91 Å². The summed E-state index contributed by atoms with van der Waals surface area (Å²) < 4.78 is 7.56. The number of amides is 1. The van der Waals surface area contributed by atoms with Crippen molar-refractivity contribution in [2.45, 2.75) is 39.2 Å². The minimum absolute atomic E-state index is 0.105. The van der Waals surface area contributed by atoms with E-state index < -0.39 is 0 Å². The first-order chi connectivity index (χ1) is 12.1. The van der Waals surface area contributed by atoms with Gasteiger partial charge in [0.05, 0.1) is 30.4 Å². The summed E-state index contributed by atoms with van der Waals surface area (Å²) in [4.78, 5) is 13.6. The summed E-state index contributed by atoms with van der Waals surface area (Å²) in [5.74, 6) is 0.763. The molecule has 6 heteroatoms. The van der Waals surface area contributed by atoms with Crippen LogP contribution in [0, 0.1) is 0 Å². The van der Waals surface area contributed by atoms with Crippen LogP contribution >= 0.6 is 0 Å². The number of hydrogen-bond donors (Lipinski definition) is 1. The highest BCUT2D eigenvalue weighted by Crippen LogP contribution is 2.18. The second kappa shape index (κ2) is 8.16. The normalized spacial score (nSPS) is 17.6. The average molecular weight is 342 g/mol. The third kappa shape index (κ3) is 4.82. The van der Waals surface area contributed by atoms with Gasteiger partial charge in [0.1, 0.15) is 5.75 Å². The van der Waals surface area contributed by atoms with Crippen LogP contribution < -0.4 is 10.1 Å². The molecule has 1 N–H and O–H groups in total. The SMILES string of the molecule is CC(=O)Nc1cnn(-c2ccc(OCCCN3CCC[C@H]3C)cc2)c1. The molecular formula is C19H26N4O2. The maximum atomic E-state index is 11.1. The van der Waals surface area contributed by atoms with Gasteiger partial charge in [-0.15, -0.1) is 0 Å². The van der Waals surface area contributed by atoms with Crippen LogP contribution in [-0.4, -0.2) is 46.3 Å². The zero-order valence-electron chi connectivity index (χ0n) is 14.9. The van der Waals surface area contributed by atoms with Gasteiger partial charge in [0.15, 0.2) is 0 Å². The maximum absolute atomic E-state index is 11.1. The van der Waals surface area contributed by atoms with E-state index >= 15 is 0 Å². The van der Waals surface area contributed by atoms with Crippen LogP contribution in [0.1, 0.15) is 33.1 Å². The molecule has 0 saturated carbocycles. The molecule has 1 aromatic heterocycles. The molecule has 1 aliphatic rings. The molecule has 0 radical (unpaired) electrons. The first kappa shape index (κ1) is 17.5. The summed E-state index contributed by atoms with van der Waals surface area (Å²) in [5, 5.41) is 6.97. The molecule has 3 rings (SSSR count). The monoisotopic (exact) mass is 342 g/mol. The number of benzene rings is 1. The van der Waals surface area contributed by atoms with Crippen LogP contribution in [0.15, 0.2) is 36.7 Å². The molecule has 1 atom stereocenters. The Morgan fingerprint density at radius 1 is 1.36 bits per heavy atom. The molecule has 134 valence electrons. The van der Waals surface area contributed by atoms with Crippen molar-refractivity contribution in [3.63, 3.8) is 0 Å². The van der Waals surface area contributed by atoms with E-state index in [4.69, 9.17) is 4.74 Å². The maximum Gasteiger partial charge on any atom is 0.221 e. The summed E-state index contributed by atoms with van der Waals surface area (Å²) in [6, 6.07) is 8.54. The number of rotatable bonds is 7. The molecule has 2 heterocycles. The summed E-state index contributed by atoms with van der Waals surface area (Å²) >= 11 is 0. The fourth-order valence-electron chi connectivity index (χ4n) is 3.21. The van der Waals surface area contributed by atoms with E-state index in [0.29, 0.717) is 5.69 Å². The zero-order chi connectivity index (χ0) is 17.6. The summed E-state index contributed by atoms with van der Waals surface area (Å²) in [7, 11) is 0. The Bertz CT molecular complexity index is 696. The molecule has 1 saturated heterocycles. The summed E-state index contributed by atoms with van der Waals surface area (Å²) in [5.41, 5.74) is 1.61. The van der Waals surface area contributed by atoms with Crippen molar-refractivity contribution in [2.75, 3.05) is 25.0 Å². The van der Waals surface area contributed by atoms with E-state index in [1.54, 1.807) is 17.1 Å². The highest BCUT2D eigenvalue weighted by molar-refractivity contribution is 5.88. The quantitative estimate of drug-likeness (QED) is 0.786. The highest BCUT2D eigenvalue weighted by Gasteiger charge is 2.18. The molecule has 0 spiro atoms. The molecule has 1 aliphatic heterocycles. The highest BCUT2D eigenvalue weighted by atomic mass is 16.5. The van der Waals surface area contributed by atoms with Crippen molar-refractivity contribution in [3.05, 3.63) is 36.7 Å². The first-order valence-corrected chi connectivity index (χ1v) is 8.91. The standard InChI is InChI=1S/C19H26N4O2/c1-15-5-3-10-22(15)11-4-12-25-19-8-6-18(7-9-19)23-14-17(13-20-23)21-16(2)24/h6-9,13-15H,3-5,10-12H2,1-2H3,(H,21,24)/t15-/m1/s1. The lowest BCUT2D eigenvalue weighted by molar-refractivity contribution is -0.114. The Hall–Kier alpha value is -2.34. The van der Waals surface area contributed by atoms with Crippen molar-refractivity contribution in [3.8, 4) is 11.4 Å². The zero-order valence-corrected chi connectivity index (χ0v) is 14.9. The van der Waals surface area contributed by atoms with Crippen molar-refractivity contribution < 1.29 is 9.53 Å². The number of nitrogens with zero attached hydrogens (tertiary/aromatic N) is 3. The molecule has 0 bridgehead atoms. The molecule has 0 unspecified atom stereocenters. The Morgan fingerprint density at radius 2 is 2.16 bits per heavy atom. The number of hydrogen-bond acceptors (Lipinski definition) is 4. The van der Waals surface area contributed by atoms with Crippen molar-refractivity contribution in [1.29, 1.82) is 0 Å². The summed E-state index contributed by atoms with van der Waals surface area (Å²) in [6.07, 6.45) is 7.10. The smallest absolute Gasteiger partial charge is 0.221 e. The van der Waals surface area contributed by atoms with Crippen LogP contribution in [0.25, 0.3) is 5.69 Å². The molecule has 6 nitrogen and oxygen atoms in total. The van der Waals surface area contributed by atoms with E-state index in [2.05, 4.69) is 22.2 Å². The predicted molar refractivity (Wildman–Crippen MR) is 98.2 cm³/mol. The lowest BCUT2D eigenvalue weighted by Gasteiger charge is -2.20. The molecule has 25 heavy (non-hydrogen) atoms. The topological polar surface area (TPSA) is 59.4 Å². The Labute approximate surface area is 148 Å². The van der Waals surface area contributed by atoms with Gasteiger partial charge >= 0.3 is 0 Å². The lowest BCUT2D eigenvalue weighted by Crippen LogP contribution is -2.28. The summed E-state index contributed by atoms with van der Waals surface area (Å²) in [6.45, 7) is 6.85. The number of likely N-dealkylation sites (tertiary alicyclic amines) is 1. The third-order valence-corrected chi connectivity index (χ3v) is 4.55. The van der Waals surface area contributed by atoms with Gasteiger partial charge in [-0.3, -0.25) is 4.79 Å². The fourth-order valence-corrected chi connectivity index (χ4v) is 3.21. The van der Waals surface area contributed by atoms with E-state index in [1.165, 1.54) is 26.3 Å². The number of carbonyl (C=O) groups is 1. The molecule has 1 fully saturated rings. The van der Waals surface area contributed by atoms with Crippen molar-refractivity contribution in [2.24, 2.45) is 0 Å². The predicted octanol–water partition coefficient (Wildman–Crippen LogP) is 3.08. The average Bonchev–Trinajstić information content (AvgIpc) is 3.21. The van der Waals surface area contributed by atoms with Crippen LogP contribution in [0.3, 0.4) is 0 Å². The Morgan fingerprint density at radius 3 is 2.84 bits per heavy atom. The number of aromatic nitrogens is 2. The lowest BCUT2D eigenvalue weighted by atomic mass is 10.2. The van der Waals surface area contributed by atoms with Gasteiger partial charge in [-0.25, -0.2) is 4.68 Å². The number of ether oxygens (including phenoxy) is 1. The fraction of sp³-hybridized carbons (Fsp3) is 0.474. The van der Waals surface area contributed by atoms with Gasteiger partial charge in [-0.05, 0) is 57.0 Å². The Balaban J connectivity index is 1.47.